The SMILES string of the molecule is Cc1ccc(N(C(=O)[S])c2ccccc2)cc1. The Labute approximate surface area is 106 Å². The molecule has 0 aliphatic rings. The number of carbonyl (C=O) groups excluding carboxylic acids is 1. The van der Waals surface area contributed by atoms with Crippen LogP contribution in [-0.2, 0) is 0 Å². The third kappa shape index (κ3) is 2.63. The number of carbonyl (C=O) groups is 1. The zero-order valence-corrected chi connectivity index (χ0v) is 10.3. The van der Waals surface area contributed by atoms with Crippen LogP contribution in [0.2, 0.25) is 0 Å². The van der Waals surface area contributed by atoms with Gasteiger partial charge in [-0.1, -0.05) is 35.9 Å². The number of aryl methyl sites for hydroxylation is 1. The van der Waals surface area contributed by atoms with Crippen molar-refractivity contribution in [3.8, 4) is 0 Å². The number of anilines is 2. The molecule has 0 fully saturated rings. The molecule has 0 unspecified atom stereocenters. The average molecular weight is 242 g/mol. The topological polar surface area (TPSA) is 20.3 Å². The van der Waals surface area contributed by atoms with E-state index in [1.807, 2.05) is 61.5 Å². The van der Waals surface area contributed by atoms with E-state index in [1.54, 1.807) is 0 Å². The Balaban J connectivity index is 2.43. The number of benzene rings is 2. The van der Waals surface area contributed by atoms with Gasteiger partial charge in [-0.15, -0.1) is 0 Å². The Hall–Kier alpha value is -1.87. The van der Waals surface area contributed by atoms with Crippen LogP contribution >= 0.6 is 12.6 Å². The molecule has 2 nitrogen and oxygen atoms in total. The van der Waals surface area contributed by atoms with E-state index < -0.39 is 5.24 Å². The highest BCUT2D eigenvalue weighted by Gasteiger charge is 2.14. The molecule has 2 aromatic carbocycles. The predicted molar refractivity (Wildman–Crippen MR) is 72.7 cm³/mol. The molecule has 3 heteroatoms. The van der Waals surface area contributed by atoms with Gasteiger partial charge in [-0.05, 0) is 43.8 Å². The van der Waals surface area contributed by atoms with E-state index in [0.717, 1.165) is 16.9 Å². The summed E-state index contributed by atoms with van der Waals surface area (Å²) in [6.07, 6.45) is 0. The Bertz CT molecular complexity index is 508. The minimum absolute atomic E-state index is 0.403. The first-order valence-corrected chi connectivity index (χ1v) is 5.72. The van der Waals surface area contributed by atoms with Crippen molar-refractivity contribution in [1.82, 2.24) is 0 Å². The van der Waals surface area contributed by atoms with E-state index in [4.69, 9.17) is 12.6 Å². The first-order chi connectivity index (χ1) is 8.18. The molecule has 0 heterocycles. The van der Waals surface area contributed by atoms with E-state index in [9.17, 15) is 4.79 Å². The zero-order chi connectivity index (χ0) is 12.3. The third-order valence-electron chi connectivity index (χ3n) is 2.49. The largest absolute Gasteiger partial charge is 0.322 e. The second-order valence-electron chi connectivity index (χ2n) is 3.77. The zero-order valence-electron chi connectivity index (χ0n) is 9.46. The standard InChI is InChI=1S/C14H12NOS/c1-11-7-9-13(10-8-11)15(14(16)17)12-5-3-2-4-6-12/h2-10H,1H3. The molecule has 0 aliphatic heterocycles. The summed E-state index contributed by atoms with van der Waals surface area (Å²) >= 11 is 4.78. The molecule has 17 heavy (non-hydrogen) atoms. The van der Waals surface area contributed by atoms with E-state index >= 15 is 0 Å². The van der Waals surface area contributed by atoms with E-state index in [-0.39, 0.29) is 0 Å². The van der Waals surface area contributed by atoms with Crippen LogP contribution in [0.4, 0.5) is 16.2 Å². The van der Waals surface area contributed by atoms with Crippen molar-refractivity contribution >= 4 is 29.2 Å². The second-order valence-corrected chi connectivity index (χ2v) is 4.12. The van der Waals surface area contributed by atoms with Crippen LogP contribution in [0.1, 0.15) is 5.56 Å². The van der Waals surface area contributed by atoms with Gasteiger partial charge in [0.1, 0.15) is 0 Å². The molecule has 1 radical (unpaired) electrons. The molecule has 0 saturated carbocycles. The van der Waals surface area contributed by atoms with Gasteiger partial charge in [0, 0.05) is 0 Å². The Morgan fingerprint density at radius 1 is 0.941 bits per heavy atom. The third-order valence-corrected chi connectivity index (χ3v) is 2.67. The summed E-state index contributed by atoms with van der Waals surface area (Å²) in [5.41, 5.74) is 2.73. The molecule has 0 spiro atoms. The highest BCUT2D eigenvalue weighted by Crippen LogP contribution is 2.26. The lowest BCUT2D eigenvalue weighted by Crippen LogP contribution is -2.19. The quantitative estimate of drug-likeness (QED) is 0.761. The van der Waals surface area contributed by atoms with Crippen molar-refractivity contribution in [2.24, 2.45) is 0 Å². The Morgan fingerprint density at radius 2 is 1.47 bits per heavy atom. The lowest BCUT2D eigenvalue weighted by Gasteiger charge is -2.19. The van der Waals surface area contributed by atoms with Crippen molar-refractivity contribution in [1.29, 1.82) is 0 Å². The molecule has 1 amide bonds. The molecule has 0 aliphatic carbocycles. The summed E-state index contributed by atoms with van der Waals surface area (Å²) in [4.78, 5) is 13.1. The summed E-state index contributed by atoms with van der Waals surface area (Å²) in [7, 11) is 0. The average Bonchev–Trinajstić information content (AvgIpc) is 2.33. The fourth-order valence-corrected chi connectivity index (χ4v) is 1.84. The van der Waals surface area contributed by atoms with E-state index in [1.165, 1.54) is 4.90 Å². The summed E-state index contributed by atoms with van der Waals surface area (Å²) in [6.45, 7) is 2.01. The minimum atomic E-state index is -0.403. The van der Waals surface area contributed by atoms with Crippen molar-refractivity contribution in [2.75, 3.05) is 4.90 Å². The number of hydrogen-bond donors (Lipinski definition) is 0. The van der Waals surface area contributed by atoms with Crippen LogP contribution < -0.4 is 4.90 Å². The van der Waals surface area contributed by atoms with Crippen molar-refractivity contribution < 1.29 is 4.79 Å². The predicted octanol–water partition coefficient (Wildman–Crippen LogP) is 4.45. The molecule has 85 valence electrons. The van der Waals surface area contributed by atoms with Gasteiger partial charge >= 0.3 is 5.24 Å². The van der Waals surface area contributed by atoms with Gasteiger partial charge in [-0.25, -0.2) is 0 Å². The van der Waals surface area contributed by atoms with Gasteiger partial charge in [0.05, 0.1) is 11.4 Å². The molecule has 2 aromatic rings. The molecular weight excluding hydrogens is 230 g/mol. The van der Waals surface area contributed by atoms with Crippen molar-refractivity contribution in [3.63, 3.8) is 0 Å². The number of nitrogens with zero attached hydrogens (tertiary/aromatic N) is 1. The maximum atomic E-state index is 11.6. The lowest BCUT2D eigenvalue weighted by atomic mass is 10.2. The van der Waals surface area contributed by atoms with Crippen LogP contribution in [0.15, 0.2) is 54.6 Å². The van der Waals surface area contributed by atoms with Gasteiger partial charge in [0.25, 0.3) is 0 Å². The molecular formula is C14H12NOS. The number of para-hydroxylation sites is 1. The lowest BCUT2D eigenvalue weighted by molar-refractivity contribution is 0.267. The Morgan fingerprint density at radius 3 is 2.00 bits per heavy atom. The first kappa shape index (κ1) is 11.6. The highest BCUT2D eigenvalue weighted by molar-refractivity contribution is 7.97. The maximum absolute atomic E-state index is 11.6. The minimum Gasteiger partial charge on any atom is -0.268 e. The van der Waals surface area contributed by atoms with E-state index in [2.05, 4.69) is 0 Å². The van der Waals surface area contributed by atoms with Gasteiger partial charge in [0.15, 0.2) is 0 Å². The summed E-state index contributed by atoms with van der Waals surface area (Å²) < 4.78 is 0. The summed E-state index contributed by atoms with van der Waals surface area (Å²) in [6, 6.07) is 17.1. The summed E-state index contributed by atoms with van der Waals surface area (Å²) in [5, 5.41) is -0.403. The van der Waals surface area contributed by atoms with Gasteiger partial charge in [0.2, 0.25) is 0 Å². The smallest absolute Gasteiger partial charge is 0.268 e. The van der Waals surface area contributed by atoms with Crippen LogP contribution in [0.5, 0.6) is 0 Å². The fourth-order valence-electron chi connectivity index (χ4n) is 1.63. The molecule has 0 bridgehead atoms. The van der Waals surface area contributed by atoms with Crippen LogP contribution in [0.25, 0.3) is 0 Å². The normalized spacial score (nSPS) is 9.94. The van der Waals surface area contributed by atoms with Gasteiger partial charge in [-0.3, -0.25) is 9.69 Å². The number of hydrogen-bond acceptors (Lipinski definition) is 1. The number of amides is 1. The van der Waals surface area contributed by atoms with Crippen molar-refractivity contribution in [2.45, 2.75) is 6.92 Å². The van der Waals surface area contributed by atoms with Crippen LogP contribution in [0, 0.1) is 6.92 Å². The summed E-state index contributed by atoms with van der Waals surface area (Å²) in [5.74, 6) is 0. The number of rotatable bonds is 2. The first-order valence-electron chi connectivity index (χ1n) is 5.31. The molecule has 0 N–H and O–H groups in total. The molecule has 0 atom stereocenters. The maximum Gasteiger partial charge on any atom is 0.322 e. The van der Waals surface area contributed by atoms with Gasteiger partial charge in [-0.2, -0.15) is 0 Å². The van der Waals surface area contributed by atoms with Crippen molar-refractivity contribution in [3.05, 3.63) is 60.2 Å². The Kier molecular flexibility index (Phi) is 3.40. The van der Waals surface area contributed by atoms with Gasteiger partial charge < -0.3 is 0 Å². The van der Waals surface area contributed by atoms with Crippen LogP contribution in [0.3, 0.4) is 0 Å². The fraction of sp³-hybridized carbons (Fsp3) is 0.0714. The monoisotopic (exact) mass is 242 g/mol. The molecule has 0 saturated heterocycles. The molecule has 0 aromatic heterocycles. The second kappa shape index (κ2) is 4.97. The molecule has 2 rings (SSSR count). The van der Waals surface area contributed by atoms with E-state index in [0.29, 0.717) is 0 Å². The van der Waals surface area contributed by atoms with Crippen LogP contribution in [-0.4, -0.2) is 5.24 Å². The highest BCUT2D eigenvalue weighted by atomic mass is 32.1.